The molecule has 34 nitrogen and oxygen atoms in total. The number of aliphatic carboxylic acids is 2. The van der Waals surface area contributed by atoms with Crippen LogP contribution in [0, 0.1) is 29.6 Å². The third-order valence-electron chi connectivity index (χ3n) is 14.1. The summed E-state index contributed by atoms with van der Waals surface area (Å²) < 4.78 is 0. The van der Waals surface area contributed by atoms with Gasteiger partial charge in [-0.25, -0.2) is 4.79 Å². The van der Waals surface area contributed by atoms with Crippen molar-refractivity contribution in [3.63, 3.8) is 0 Å². The van der Waals surface area contributed by atoms with Crippen molar-refractivity contribution in [2.24, 2.45) is 41.1 Å². The Bertz CT molecular complexity index is 2570. The third kappa shape index (κ3) is 31.2. The van der Waals surface area contributed by atoms with Crippen LogP contribution < -0.4 is 80.6 Å². The molecular formula is C57H99N15O19. The molecule has 0 fully saturated rings. The van der Waals surface area contributed by atoms with Crippen molar-refractivity contribution in [2.45, 2.75) is 214 Å². The van der Waals surface area contributed by atoms with E-state index in [4.69, 9.17) is 11.5 Å². The Morgan fingerprint density at radius 2 is 0.692 bits per heavy atom. The first kappa shape index (κ1) is 82.4. The minimum Gasteiger partial charge on any atom is -0.481 e. The van der Waals surface area contributed by atoms with Gasteiger partial charge in [-0.2, -0.15) is 0 Å². The number of carboxylic acid groups (broad SMARTS) is 2. The van der Waals surface area contributed by atoms with E-state index in [0.29, 0.717) is 6.42 Å². The molecule has 0 aromatic carbocycles. The fourth-order valence-electron chi connectivity index (χ4n) is 8.48. The number of carbonyl (C=O) groups excluding carboxylic acids is 14. The lowest BCUT2D eigenvalue weighted by Gasteiger charge is -2.29. The van der Waals surface area contributed by atoms with Gasteiger partial charge < -0.3 is 95.9 Å². The van der Waals surface area contributed by atoms with E-state index in [1.807, 2.05) is 0 Å². The predicted molar refractivity (Wildman–Crippen MR) is 326 cm³/mol. The minimum absolute atomic E-state index is 0.0125. The van der Waals surface area contributed by atoms with Gasteiger partial charge in [0.15, 0.2) is 0 Å². The standard InChI is InChI=1S/C57H99N15O19/c1-15-28(9)44(72-54(87)36(19-27(7)8)67-48(81)32(13)63-52(85)37(20-40(59)74)65-41(75)22-58)56(89)70-39(24-73)55(88)64-33(14)49(82)68-38(21-43(77)78)53(86)69-35(18-26(5)6)51(84)62-31(12)47(80)66-34(17-25(3)4)50(83)61-30(11)46(79)60-23-42(76)71-45(57(90)91)29(10)16-2/h25-39,44-45,73H,15-24,58H2,1-14H3,(H2,59,74)(H,60,79)(H,61,83)(H,62,84)(H,63,85)(H,64,88)(H,65,75)(H,66,80)(H,67,81)(H,68,82)(H,69,86)(H,70,89)(H,71,76)(H,72,87)(H,77,78)(H,90,91)/t28-,29-,30-,31-,32-,33-,34-,35-,36-,37-,38-,39-,44-,45-/m0/s1. The van der Waals surface area contributed by atoms with Crippen LogP contribution in [0.4, 0.5) is 0 Å². The molecule has 0 bridgehead atoms. The monoisotopic (exact) mass is 1300 g/mol. The van der Waals surface area contributed by atoms with Gasteiger partial charge in [-0.1, -0.05) is 82.1 Å². The Morgan fingerprint density at radius 3 is 1.05 bits per heavy atom. The van der Waals surface area contributed by atoms with Crippen LogP contribution in [0.1, 0.15) is 142 Å². The van der Waals surface area contributed by atoms with E-state index in [1.54, 1.807) is 69.2 Å². The van der Waals surface area contributed by atoms with Crippen LogP contribution in [0.15, 0.2) is 0 Å². The van der Waals surface area contributed by atoms with Crippen LogP contribution in [0.25, 0.3) is 0 Å². The number of rotatable bonds is 42. The first-order valence-electron chi connectivity index (χ1n) is 30.2. The van der Waals surface area contributed by atoms with Crippen LogP contribution in [-0.2, 0) is 76.7 Å². The van der Waals surface area contributed by atoms with Gasteiger partial charge in [0.05, 0.1) is 32.5 Å². The summed E-state index contributed by atoms with van der Waals surface area (Å²) in [5, 5.41) is 60.5. The number of nitrogens with one attached hydrogen (secondary N) is 13. The molecule has 0 aliphatic rings. The molecule has 14 amide bonds. The molecule has 0 saturated heterocycles. The fraction of sp³-hybridized carbons (Fsp3) is 0.719. The molecule has 0 saturated carbocycles. The van der Waals surface area contributed by atoms with Crippen LogP contribution in [0.2, 0.25) is 0 Å². The first-order valence-corrected chi connectivity index (χ1v) is 30.2. The Hall–Kier alpha value is -8.56. The SMILES string of the molecule is CC[C@H](C)[C@H](NC(=O)CNC(=O)[C@H](C)NC(=O)[C@H](CC(C)C)NC(=O)[C@H](C)NC(=O)[C@H](CC(C)C)NC(=O)[C@H](CC(=O)O)NC(=O)[C@H](C)NC(=O)[C@H](CO)NC(=O)[C@@H](NC(=O)[C@H](CC(C)C)NC(=O)[C@H](C)NC(=O)[C@H](CC(N)=O)NC(=O)CN)[C@@H](C)CC)C(=O)O. The van der Waals surface area contributed by atoms with E-state index in [0.717, 1.165) is 6.92 Å². The molecule has 0 rings (SSSR count). The number of nitrogens with two attached hydrogens (primary N) is 2. The van der Waals surface area contributed by atoms with Gasteiger partial charge in [-0.3, -0.25) is 71.9 Å². The number of carbonyl (C=O) groups is 16. The van der Waals surface area contributed by atoms with Crippen molar-refractivity contribution >= 4 is 94.6 Å². The summed E-state index contributed by atoms with van der Waals surface area (Å²) in [7, 11) is 0. The van der Waals surface area contributed by atoms with Crippen molar-refractivity contribution < 1.29 is 92.0 Å². The summed E-state index contributed by atoms with van der Waals surface area (Å²) in [5.74, 6) is -17.7. The molecule has 0 aliphatic heterocycles. The highest BCUT2D eigenvalue weighted by Crippen LogP contribution is 2.14. The molecule has 0 radical (unpaired) electrons. The van der Waals surface area contributed by atoms with Crippen LogP contribution >= 0.6 is 0 Å². The molecule has 516 valence electrons. The second-order valence-electron chi connectivity index (χ2n) is 23.7. The summed E-state index contributed by atoms with van der Waals surface area (Å²) in [6.07, 6.45) is -0.967. The number of primary amides is 1. The van der Waals surface area contributed by atoms with Gasteiger partial charge in [0.25, 0.3) is 0 Å². The number of amides is 14. The zero-order valence-corrected chi connectivity index (χ0v) is 54.4. The minimum atomic E-state index is -1.89. The highest BCUT2D eigenvalue weighted by atomic mass is 16.4. The molecule has 14 atom stereocenters. The largest absolute Gasteiger partial charge is 0.481 e. The number of aliphatic hydroxyl groups is 1. The predicted octanol–water partition coefficient (Wildman–Crippen LogP) is -5.38. The second kappa shape index (κ2) is 40.9. The maximum Gasteiger partial charge on any atom is 0.326 e. The number of aliphatic hydroxyl groups excluding tert-OH is 1. The van der Waals surface area contributed by atoms with Crippen molar-refractivity contribution in [1.29, 1.82) is 0 Å². The summed E-state index contributed by atoms with van der Waals surface area (Å²) >= 11 is 0. The first-order chi connectivity index (χ1) is 42.2. The van der Waals surface area contributed by atoms with Crippen LogP contribution in [0.5, 0.6) is 0 Å². The molecule has 0 aromatic heterocycles. The van der Waals surface area contributed by atoms with Crippen molar-refractivity contribution in [3.8, 4) is 0 Å². The van der Waals surface area contributed by atoms with E-state index >= 15 is 0 Å². The molecule has 0 unspecified atom stereocenters. The smallest absolute Gasteiger partial charge is 0.326 e. The maximum absolute atomic E-state index is 13.9. The number of hydrogen-bond donors (Lipinski definition) is 18. The molecule has 0 spiro atoms. The summed E-state index contributed by atoms with van der Waals surface area (Å²) in [6.45, 7) is 19.8. The molecule has 0 heterocycles. The molecule has 0 aromatic rings. The normalized spacial score (nSPS) is 15.8. The topological polar surface area (TPSA) is 542 Å². The molecule has 0 aliphatic carbocycles. The Labute approximate surface area is 529 Å². The molecule has 34 heteroatoms. The Morgan fingerprint density at radius 1 is 0.363 bits per heavy atom. The number of hydrogen-bond acceptors (Lipinski definition) is 18. The average molecular weight is 1300 g/mol. The van der Waals surface area contributed by atoms with Crippen LogP contribution in [0.3, 0.4) is 0 Å². The highest BCUT2D eigenvalue weighted by Gasteiger charge is 2.37. The molecule has 20 N–H and O–H groups in total. The van der Waals surface area contributed by atoms with E-state index in [2.05, 4.69) is 69.1 Å². The molecular weight excluding hydrogens is 1200 g/mol. The van der Waals surface area contributed by atoms with Gasteiger partial charge in [0.2, 0.25) is 82.7 Å². The van der Waals surface area contributed by atoms with E-state index in [9.17, 15) is 92.0 Å². The quantitative estimate of drug-likeness (QED) is 0.0271. The summed E-state index contributed by atoms with van der Waals surface area (Å²) in [5.41, 5.74) is 10.5. The van der Waals surface area contributed by atoms with Gasteiger partial charge in [-0.05, 0) is 76.5 Å². The van der Waals surface area contributed by atoms with Crippen LogP contribution in [-0.4, -0.2) is 202 Å². The third-order valence-corrected chi connectivity index (χ3v) is 14.1. The highest BCUT2D eigenvalue weighted by molar-refractivity contribution is 6.00. The summed E-state index contributed by atoms with van der Waals surface area (Å²) in [4.78, 5) is 208. The summed E-state index contributed by atoms with van der Waals surface area (Å²) in [6, 6.07) is -17.4. The van der Waals surface area contributed by atoms with Crippen molar-refractivity contribution in [3.05, 3.63) is 0 Å². The second-order valence-corrected chi connectivity index (χ2v) is 23.7. The van der Waals surface area contributed by atoms with Gasteiger partial charge >= 0.3 is 11.9 Å². The lowest BCUT2D eigenvalue weighted by atomic mass is 9.96. The molecule has 91 heavy (non-hydrogen) atoms. The maximum atomic E-state index is 13.9. The Kier molecular flexibility index (Phi) is 37.1. The lowest BCUT2D eigenvalue weighted by Crippen LogP contribution is -2.61. The van der Waals surface area contributed by atoms with Gasteiger partial charge in [0, 0.05) is 0 Å². The lowest BCUT2D eigenvalue weighted by molar-refractivity contribution is -0.143. The van der Waals surface area contributed by atoms with E-state index < -0.39 is 212 Å². The van der Waals surface area contributed by atoms with E-state index in [1.165, 1.54) is 20.8 Å². The average Bonchev–Trinajstić information content (AvgIpc) is 1.23. The number of carboxylic acids is 2. The van der Waals surface area contributed by atoms with Gasteiger partial charge in [-0.15, -0.1) is 0 Å². The van der Waals surface area contributed by atoms with Crippen molar-refractivity contribution in [2.75, 3.05) is 19.7 Å². The van der Waals surface area contributed by atoms with Crippen molar-refractivity contribution in [1.82, 2.24) is 69.1 Å². The van der Waals surface area contributed by atoms with E-state index in [-0.39, 0.29) is 43.4 Å². The zero-order chi connectivity index (χ0) is 70.3. The van der Waals surface area contributed by atoms with Gasteiger partial charge in [0.1, 0.15) is 72.5 Å². The zero-order valence-electron chi connectivity index (χ0n) is 54.4. The fourth-order valence-corrected chi connectivity index (χ4v) is 8.48. The Balaban J connectivity index is 6.17.